The van der Waals surface area contributed by atoms with Crippen molar-refractivity contribution in [3.8, 4) is 0 Å². The highest BCUT2D eigenvalue weighted by Crippen LogP contribution is 2.20. The van der Waals surface area contributed by atoms with Gasteiger partial charge in [0, 0.05) is 5.69 Å². The van der Waals surface area contributed by atoms with Gasteiger partial charge in [-0.05, 0) is 41.8 Å². The molecule has 0 spiro atoms. The van der Waals surface area contributed by atoms with Gasteiger partial charge in [0.1, 0.15) is 11.9 Å². The Hall–Kier alpha value is -2.36. The van der Waals surface area contributed by atoms with Crippen molar-refractivity contribution in [2.24, 2.45) is 5.73 Å². The van der Waals surface area contributed by atoms with Gasteiger partial charge in [-0.3, -0.25) is 4.79 Å². The predicted molar refractivity (Wildman–Crippen MR) is 77.8 cm³/mol. The molecule has 2 aromatic carbocycles. The van der Waals surface area contributed by atoms with Gasteiger partial charge >= 0.3 is 0 Å². The summed E-state index contributed by atoms with van der Waals surface area (Å²) in [5.41, 5.74) is 8.07. The third-order valence-electron chi connectivity index (χ3n) is 3.16. The highest BCUT2D eigenvalue weighted by atomic mass is 19.1. The fourth-order valence-electron chi connectivity index (χ4n) is 1.98. The first-order valence-electron chi connectivity index (χ1n) is 6.50. The first kappa shape index (κ1) is 14.1. The lowest BCUT2D eigenvalue weighted by Crippen LogP contribution is -2.27. The number of anilines is 1. The molecule has 2 aromatic rings. The summed E-state index contributed by atoms with van der Waals surface area (Å²) in [5.74, 6) is -0.847. The van der Waals surface area contributed by atoms with Crippen LogP contribution in [0.1, 0.15) is 24.1 Å². The summed E-state index contributed by atoms with van der Waals surface area (Å²) in [6.45, 7) is 2.08. The summed E-state index contributed by atoms with van der Waals surface area (Å²) in [5, 5.41) is 3.07. The molecule has 0 saturated carbocycles. The van der Waals surface area contributed by atoms with Crippen LogP contribution >= 0.6 is 0 Å². The van der Waals surface area contributed by atoms with Crippen LogP contribution in [0.2, 0.25) is 0 Å². The molecule has 0 aliphatic heterocycles. The number of nitrogens with two attached hydrogens (primary N) is 1. The monoisotopic (exact) mass is 272 g/mol. The number of aryl methyl sites for hydroxylation is 1. The van der Waals surface area contributed by atoms with Gasteiger partial charge in [0.05, 0.1) is 0 Å². The van der Waals surface area contributed by atoms with Crippen LogP contribution in [0.25, 0.3) is 0 Å². The zero-order chi connectivity index (χ0) is 14.5. The Bertz CT molecular complexity index is 578. The molecule has 0 saturated heterocycles. The summed E-state index contributed by atoms with van der Waals surface area (Å²) >= 11 is 0. The molecule has 0 unspecified atom stereocenters. The molecule has 2 rings (SSSR count). The standard InChI is InChI=1S/C16H17FN2O/c1-2-11-3-9-14(10-4-11)19-15(16(18)20)12-5-7-13(17)8-6-12/h3-10,15,19H,2H2,1H3,(H2,18,20)/t15-/m1/s1. The van der Waals surface area contributed by atoms with Crippen molar-refractivity contribution >= 4 is 11.6 Å². The van der Waals surface area contributed by atoms with Crippen LogP contribution in [0.5, 0.6) is 0 Å². The largest absolute Gasteiger partial charge is 0.370 e. The lowest BCUT2D eigenvalue weighted by atomic mass is 10.1. The lowest BCUT2D eigenvalue weighted by Gasteiger charge is -2.17. The second kappa shape index (κ2) is 6.19. The average Bonchev–Trinajstić information content (AvgIpc) is 2.46. The van der Waals surface area contributed by atoms with E-state index in [1.807, 2.05) is 24.3 Å². The first-order chi connectivity index (χ1) is 9.60. The molecule has 3 nitrogen and oxygen atoms in total. The SMILES string of the molecule is CCc1ccc(N[C@@H](C(N)=O)c2ccc(F)cc2)cc1. The number of amides is 1. The Balaban J connectivity index is 2.20. The number of primary amides is 1. The van der Waals surface area contributed by atoms with E-state index >= 15 is 0 Å². The Morgan fingerprint density at radius 3 is 2.25 bits per heavy atom. The molecule has 20 heavy (non-hydrogen) atoms. The number of rotatable bonds is 5. The van der Waals surface area contributed by atoms with Crippen LogP contribution in [-0.2, 0) is 11.2 Å². The van der Waals surface area contributed by atoms with Crippen LogP contribution in [0.4, 0.5) is 10.1 Å². The van der Waals surface area contributed by atoms with Gasteiger partial charge in [-0.2, -0.15) is 0 Å². The Morgan fingerprint density at radius 2 is 1.75 bits per heavy atom. The molecule has 0 aromatic heterocycles. The van der Waals surface area contributed by atoms with Gasteiger partial charge in [0.25, 0.3) is 0 Å². The van der Waals surface area contributed by atoms with E-state index in [1.165, 1.54) is 17.7 Å². The molecule has 1 amide bonds. The average molecular weight is 272 g/mol. The van der Waals surface area contributed by atoms with E-state index in [9.17, 15) is 9.18 Å². The molecule has 0 radical (unpaired) electrons. The van der Waals surface area contributed by atoms with Crippen molar-refractivity contribution in [2.75, 3.05) is 5.32 Å². The summed E-state index contributed by atoms with van der Waals surface area (Å²) in [6.07, 6.45) is 0.956. The zero-order valence-electron chi connectivity index (χ0n) is 11.3. The molecule has 4 heteroatoms. The quantitative estimate of drug-likeness (QED) is 0.879. The molecule has 0 aliphatic rings. The van der Waals surface area contributed by atoms with Crippen molar-refractivity contribution in [3.63, 3.8) is 0 Å². The van der Waals surface area contributed by atoms with E-state index in [2.05, 4.69) is 12.2 Å². The van der Waals surface area contributed by atoms with Crippen molar-refractivity contribution in [1.82, 2.24) is 0 Å². The van der Waals surface area contributed by atoms with E-state index in [0.717, 1.165) is 12.1 Å². The molecule has 0 bridgehead atoms. The van der Waals surface area contributed by atoms with Crippen LogP contribution in [0.15, 0.2) is 48.5 Å². The number of benzene rings is 2. The first-order valence-corrected chi connectivity index (χ1v) is 6.50. The smallest absolute Gasteiger partial charge is 0.244 e. The minimum atomic E-state index is -0.678. The molecule has 0 fully saturated rings. The van der Waals surface area contributed by atoms with E-state index in [4.69, 9.17) is 5.73 Å². The molecule has 104 valence electrons. The number of hydrogen-bond donors (Lipinski definition) is 2. The zero-order valence-corrected chi connectivity index (χ0v) is 11.3. The third-order valence-corrected chi connectivity index (χ3v) is 3.16. The maximum atomic E-state index is 12.9. The van der Waals surface area contributed by atoms with E-state index in [0.29, 0.717) is 5.56 Å². The van der Waals surface area contributed by atoms with Crippen LogP contribution < -0.4 is 11.1 Å². The number of hydrogen-bond acceptors (Lipinski definition) is 2. The van der Waals surface area contributed by atoms with Crippen LogP contribution in [0, 0.1) is 5.82 Å². The van der Waals surface area contributed by atoms with Gasteiger partial charge in [-0.15, -0.1) is 0 Å². The molecule has 3 N–H and O–H groups in total. The summed E-state index contributed by atoms with van der Waals surface area (Å²) in [7, 11) is 0. The van der Waals surface area contributed by atoms with Crippen molar-refractivity contribution in [3.05, 3.63) is 65.5 Å². The van der Waals surface area contributed by atoms with Crippen LogP contribution in [0.3, 0.4) is 0 Å². The molecular formula is C16H17FN2O. The van der Waals surface area contributed by atoms with E-state index in [1.54, 1.807) is 12.1 Å². The van der Waals surface area contributed by atoms with Crippen LogP contribution in [-0.4, -0.2) is 5.91 Å². The van der Waals surface area contributed by atoms with Gasteiger partial charge in [-0.25, -0.2) is 4.39 Å². The van der Waals surface area contributed by atoms with Crippen molar-refractivity contribution in [1.29, 1.82) is 0 Å². The van der Waals surface area contributed by atoms with Gasteiger partial charge in [0.2, 0.25) is 5.91 Å². The molecule has 0 aliphatic carbocycles. The van der Waals surface area contributed by atoms with Gasteiger partial charge in [-0.1, -0.05) is 31.2 Å². The Labute approximate surface area is 117 Å². The molecular weight excluding hydrogens is 255 g/mol. The van der Waals surface area contributed by atoms with Gasteiger partial charge < -0.3 is 11.1 Å². The van der Waals surface area contributed by atoms with E-state index < -0.39 is 11.9 Å². The topological polar surface area (TPSA) is 55.1 Å². The maximum Gasteiger partial charge on any atom is 0.244 e. The Morgan fingerprint density at radius 1 is 1.15 bits per heavy atom. The Kier molecular flexibility index (Phi) is 4.35. The summed E-state index contributed by atoms with van der Waals surface area (Å²) in [4.78, 5) is 11.6. The fourth-order valence-corrected chi connectivity index (χ4v) is 1.98. The minimum absolute atomic E-state index is 0.343. The molecule has 1 atom stereocenters. The third kappa shape index (κ3) is 3.35. The summed E-state index contributed by atoms with van der Waals surface area (Å²) < 4.78 is 12.9. The summed E-state index contributed by atoms with van der Waals surface area (Å²) in [6, 6.07) is 12.8. The maximum absolute atomic E-state index is 12.9. The van der Waals surface area contributed by atoms with Crippen molar-refractivity contribution < 1.29 is 9.18 Å². The second-order valence-corrected chi connectivity index (χ2v) is 4.58. The number of halogens is 1. The second-order valence-electron chi connectivity index (χ2n) is 4.58. The number of carbonyl (C=O) groups excluding carboxylic acids is 1. The molecule has 0 heterocycles. The normalized spacial score (nSPS) is 11.9. The van der Waals surface area contributed by atoms with Crippen molar-refractivity contribution in [2.45, 2.75) is 19.4 Å². The number of nitrogens with one attached hydrogen (secondary N) is 1. The predicted octanol–water partition coefficient (Wildman–Crippen LogP) is 3.03. The minimum Gasteiger partial charge on any atom is -0.370 e. The lowest BCUT2D eigenvalue weighted by molar-refractivity contribution is -0.118. The highest BCUT2D eigenvalue weighted by molar-refractivity contribution is 5.84. The van der Waals surface area contributed by atoms with E-state index in [-0.39, 0.29) is 5.82 Å². The van der Waals surface area contributed by atoms with Gasteiger partial charge in [0.15, 0.2) is 0 Å². The highest BCUT2D eigenvalue weighted by Gasteiger charge is 2.17. The number of carbonyl (C=O) groups is 1. The fraction of sp³-hybridized carbons (Fsp3) is 0.188.